The Morgan fingerprint density at radius 1 is 1.56 bits per heavy atom. The molecule has 2 rings (SSSR count). The summed E-state index contributed by atoms with van der Waals surface area (Å²) in [5.41, 5.74) is -0.291. The lowest BCUT2D eigenvalue weighted by Crippen LogP contribution is -2.38. The Hall–Kier alpha value is -0.940. The maximum atomic E-state index is 11.9. The molecule has 0 radical (unpaired) electrons. The highest BCUT2D eigenvalue weighted by atomic mass is 32.2. The monoisotopic (exact) mass is 269 g/mol. The van der Waals surface area contributed by atoms with Crippen molar-refractivity contribution >= 4 is 17.7 Å². The van der Waals surface area contributed by atoms with Gasteiger partial charge in [0.05, 0.1) is 5.75 Å². The van der Waals surface area contributed by atoms with Gasteiger partial charge in [0.2, 0.25) is 5.91 Å². The molecule has 18 heavy (non-hydrogen) atoms. The summed E-state index contributed by atoms with van der Waals surface area (Å²) in [5.74, 6) is 2.26. The lowest BCUT2D eigenvalue weighted by atomic mass is 9.94. The number of hydrogen-bond acceptors (Lipinski definition) is 4. The highest BCUT2D eigenvalue weighted by Crippen LogP contribution is 2.40. The minimum atomic E-state index is -0.291. The van der Waals surface area contributed by atoms with Crippen LogP contribution in [0.5, 0.6) is 0 Å². The molecule has 0 spiro atoms. The van der Waals surface area contributed by atoms with Gasteiger partial charge in [-0.15, -0.1) is 11.8 Å². The number of aliphatic hydroxyl groups excluding tert-OH is 1. The van der Waals surface area contributed by atoms with Crippen molar-refractivity contribution in [1.82, 2.24) is 4.90 Å². The third-order valence-corrected chi connectivity index (χ3v) is 4.22. The molecule has 1 aromatic heterocycles. The van der Waals surface area contributed by atoms with Gasteiger partial charge in [-0.25, -0.2) is 0 Å². The molecule has 0 aliphatic carbocycles. The van der Waals surface area contributed by atoms with E-state index in [-0.39, 0.29) is 23.3 Å². The van der Waals surface area contributed by atoms with Gasteiger partial charge in [0.25, 0.3) is 0 Å². The van der Waals surface area contributed by atoms with Gasteiger partial charge in [-0.05, 0) is 19.1 Å². The molecule has 1 aromatic rings. The lowest BCUT2D eigenvalue weighted by molar-refractivity contribution is -0.130. The molecule has 1 fully saturated rings. The Bertz CT molecular complexity index is 441. The minimum Gasteiger partial charge on any atom is -0.463 e. The fourth-order valence-corrected chi connectivity index (χ4v) is 3.09. The van der Waals surface area contributed by atoms with Crippen LogP contribution in [0.25, 0.3) is 0 Å². The van der Waals surface area contributed by atoms with E-state index in [0.717, 1.165) is 11.5 Å². The van der Waals surface area contributed by atoms with Crippen LogP contribution in [0.1, 0.15) is 30.7 Å². The molecule has 0 aromatic carbocycles. The molecule has 1 N–H and O–H groups in total. The first-order valence-corrected chi connectivity index (χ1v) is 7.06. The largest absolute Gasteiger partial charge is 0.463 e. The van der Waals surface area contributed by atoms with Crippen molar-refractivity contribution in [2.24, 2.45) is 5.41 Å². The van der Waals surface area contributed by atoms with Crippen LogP contribution in [-0.2, 0) is 4.79 Å². The number of aryl methyl sites for hydroxylation is 1. The second kappa shape index (κ2) is 4.97. The number of carbonyl (C=O) groups is 1. The molecule has 0 saturated carbocycles. The van der Waals surface area contributed by atoms with E-state index >= 15 is 0 Å². The first-order chi connectivity index (χ1) is 8.43. The van der Waals surface area contributed by atoms with Crippen LogP contribution >= 0.6 is 11.8 Å². The topological polar surface area (TPSA) is 53.7 Å². The SMILES string of the molecule is Cc1ccc(C2SCC(=O)N2CC(C)(C)CO)o1. The second-order valence-corrected chi connectivity index (χ2v) is 6.52. The van der Waals surface area contributed by atoms with Crippen LogP contribution in [0.15, 0.2) is 16.5 Å². The van der Waals surface area contributed by atoms with Crippen LogP contribution in [0, 0.1) is 12.3 Å². The number of rotatable bonds is 4. The van der Waals surface area contributed by atoms with Crippen molar-refractivity contribution in [3.8, 4) is 0 Å². The van der Waals surface area contributed by atoms with Crippen LogP contribution < -0.4 is 0 Å². The number of thioether (sulfide) groups is 1. The second-order valence-electron chi connectivity index (χ2n) is 5.46. The Balaban J connectivity index is 2.18. The molecule has 2 heterocycles. The maximum Gasteiger partial charge on any atom is 0.233 e. The van der Waals surface area contributed by atoms with Gasteiger partial charge in [0.1, 0.15) is 16.9 Å². The summed E-state index contributed by atoms with van der Waals surface area (Å²) in [5, 5.41) is 9.28. The summed E-state index contributed by atoms with van der Waals surface area (Å²) in [6, 6.07) is 3.83. The third-order valence-electron chi connectivity index (χ3n) is 3.00. The molecule has 0 bridgehead atoms. The Morgan fingerprint density at radius 2 is 2.28 bits per heavy atom. The maximum absolute atomic E-state index is 11.9. The predicted octanol–water partition coefficient (Wildman–Crippen LogP) is 2.18. The van der Waals surface area contributed by atoms with Crippen molar-refractivity contribution in [2.45, 2.75) is 26.1 Å². The number of furan rings is 1. The van der Waals surface area contributed by atoms with Crippen molar-refractivity contribution in [3.63, 3.8) is 0 Å². The van der Waals surface area contributed by atoms with Gasteiger partial charge < -0.3 is 14.4 Å². The van der Waals surface area contributed by atoms with Crippen LogP contribution in [-0.4, -0.2) is 34.8 Å². The molecule has 1 amide bonds. The van der Waals surface area contributed by atoms with Crippen LogP contribution in [0.2, 0.25) is 0 Å². The summed E-state index contributed by atoms with van der Waals surface area (Å²) in [7, 11) is 0. The van der Waals surface area contributed by atoms with E-state index in [1.807, 2.05) is 32.9 Å². The van der Waals surface area contributed by atoms with Gasteiger partial charge in [0, 0.05) is 18.6 Å². The summed E-state index contributed by atoms with van der Waals surface area (Å²) in [4.78, 5) is 13.7. The molecule has 1 saturated heterocycles. The molecule has 1 aliphatic heterocycles. The first kappa shape index (κ1) is 13.5. The average molecular weight is 269 g/mol. The smallest absolute Gasteiger partial charge is 0.233 e. The zero-order valence-corrected chi connectivity index (χ0v) is 11.8. The van der Waals surface area contributed by atoms with E-state index in [9.17, 15) is 9.90 Å². The average Bonchev–Trinajstić information content (AvgIpc) is 2.87. The molecule has 1 unspecified atom stereocenters. The number of amides is 1. The van der Waals surface area contributed by atoms with Gasteiger partial charge in [0.15, 0.2) is 0 Å². The summed E-state index contributed by atoms with van der Waals surface area (Å²) in [6.45, 7) is 6.40. The predicted molar refractivity (Wildman–Crippen MR) is 71.2 cm³/mol. The molecule has 4 nitrogen and oxygen atoms in total. The van der Waals surface area contributed by atoms with Gasteiger partial charge in [-0.3, -0.25) is 4.79 Å². The molecular weight excluding hydrogens is 250 g/mol. The Morgan fingerprint density at radius 3 is 2.83 bits per heavy atom. The van der Waals surface area contributed by atoms with Crippen LogP contribution in [0.3, 0.4) is 0 Å². The third kappa shape index (κ3) is 2.72. The standard InChI is InChI=1S/C13H19NO3S/c1-9-4-5-10(17-9)12-14(11(16)6-18-12)7-13(2,3)8-15/h4-5,12,15H,6-8H2,1-3H3. The molecule has 5 heteroatoms. The van der Waals surface area contributed by atoms with Crippen molar-refractivity contribution in [3.05, 3.63) is 23.7 Å². The van der Waals surface area contributed by atoms with E-state index in [2.05, 4.69) is 0 Å². The Labute approximate surface area is 111 Å². The van der Waals surface area contributed by atoms with E-state index in [4.69, 9.17) is 4.42 Å². The first-order valence-electron chi connectivity index (χ1n) is 6.01. The molecule has 100 valence electrons. The fraction of sp³-hybridized carbons (Fsp3) is 0.615. The van der Waals surface area contributed by atoms with Gasteiger partial charge >= 0.3 is 0 Å². The van der Waals surface area contributed by atoms with Crippen molar-refractivity contribution in [1.29, 1.82) is 0 Å². The van der Waals surface area contributed by atoms with Crippen LogP contribution in [0.4, 0.5) is 0 Å². The zero-order chi connectivity index (χ0) is 13.3. The highest BCUT2D eigenvalue weighted by molar-refractivity contribution is 8.00. The van der Waals surface area contributed by atoms with Gasteiger partial charge in [-0.1, -0.05) is 13.8 Å². The zero-order valence-electron chi connectivity index (χ0n) is 11.0. The quantitative estimate of drug-likeness (QED) is 0.910. The van der Waals surface area contributed by atoms with E-state index in [1.165, 1.54) is 0 Å². The number of nitrogens with zero attached hydrogens (tertiary/aromatic N) is 1. The van der Waals surface area contributed by atoms with Crippen molar-refractivity contribution in [2.75, 3.05) is 18.9 Å². The fourth-order valence-electron chi connectivity index (χ4n) is 1.96. The number of hydrogen-bond donors (Lipinski definition) is 1. The minimum absolute atomic E-state index is 0.0583. The van der Waals surface area contributed by atoms with E-state index < -0.39 is 0 Å². The number of aliphatic hydroxyl groups is 1. The molecule has 1 atom stereocenters. The normalized spacial score (nSPS) is 20.8. The molecular formula is C13H19NO3S. The number of carbonyl (C=O) groups excluding carboxylic acids is 1. The van der Waals surface area contributed by atoms with Crippen molar-refractivity contribution < 1.29 is 14.3 Å². The Kier molecular flexibility index (Phi) is 3.73. The summed E-state index contributed by atoms with van der Waals surface area (Å²) in [6.07, 6.45) is 0. The summed E-state index contributed by atoms with van der Waals surface area (Å²) >= 11 is 1.58. The van der Waals surface area contributed by atoms with E-state index in [1.54, 1.807) is 16.7 Å². The van der Waals surface area contributed by atoms with E-state index in [0.29, 0.717) is 12.3 Å². The lowest BCUT2D eigenvalue weighted by Gasteiger charge is -2.31. The molecule has 1 aliphatic rings. The van der Waals surface area contributed by atoms with Gasteiger partial charge in [-0.2, -0.15) is 0 Å². The summed E-state index contributed by atoms with van der Waals surface area (Å²) < 4.78 is 5.62. The highest BCUT2D eigenvalue weighted by Gasteiger charge is 2.37.